The Morgan fingerprint density at radius 3 is 2.56 bits per heavy atom. The second kappa shape index (κ2) is 10.1. The number of rotatable bonds is 10. The fourth-order valence-corrected chi connectivity index (χ4v) is 2.01. The maximum atomic E-state index is 5.54. The van der Waals surface area contributed by atoms with Crippen LogP contribution >= 0.6 is 0 Å². The van der Waals surface area contributed by atoms with E-state index in [1.54, 1.807) is 7.11 Å². The van der Waals surface area contributed by atoms with Crippen LogP contribution in [0.1, 0.15) is 12.0 Å². The molecule has 102 valence electrons. The molecule has 18 heavy (non-hydrogen) atoms. The Bertz CT molecular complexity index is 290. The lowest BCUT2D eigenvalue weighted by atomic mass is 9.96. The van der Waals surface area contributed by atoms with Gasteiger partial charge in [0.1, 0.15) is 0 Å². The van der Waals surface area contributed by atoms with Gasteiger partial charge in [-0.25, -0.2) is 0 Å². The largest absolute Gasteiger partial charge is 0.382 e. The standard InChI is InChI=1S/C15H25NO2/c1-16-13-15(8-9-18-11-10-17-2)12-14-6-4-3-5-7-14/h3-7,15-16H,8-13H2,1-2H3. The van der Waals surface area contributed by atoms with E-state index in [-0.39, 0.29) is 0 Å². The van der Waals surface area contributed by atoms with Crippen molar-refractivity contribution in [1.29, 1.82) is 0 Å². The van der Waals surface area contributed by atoms with Gasteiger partial charge in [-0.1, -0.05) is 30.3 Å². The highest BCUT2D eigenvalue weighted by Gasteiger charge is 2.08. The van der Waals surface area contributed by atoms with Gasteiger partial charge < -0.3 is 14.8 Å². The maximum absolute atomic E-state index is 5.54. The van der Waals surface area contributed by atoms with Crippen molar-refractivity contribution in [2.75, 3.05) is 40.5 Å². The normalized spacial score (nSPS) is 12.6. The Morgan fingerprint density at radius 2 is 1.89 bits per heavy atom. The Morgan fingerprint density at radius 1 is 1.11 bits per heavy atom. The summed E-state index contributed by atoms with van der Waals surface area (Å²) < 4.78 is 10.5. The van der Waals surface area contributed by atoms with Gasteiger partial charge in [0, 0.05) is 13.7 Å². The molecule has 0 aromatic heterocycles. The van der Waals surface area contributed by atoms with E-state index in [0.29, 0.717) is 19.1 Å². The Balaban J connectivity index is 2.26. The molecule has 0 amide bonds. The number of benzene rings is 1. The van der Waals surface area contributed by atoms with Gasteiger partial charge >= 0.3 is 0 Å². The van der Waals surface area contributed by atoms with Crippen LogP contribution in [0.25, 0.3) is 0 Å². The summed E-state index contributed by atoms with van der Waals surface area (Å²) in [5, 5.41) is 3.26. The van der Waals surface area contributed by atoms with Crippen LogP contribution in [0.4, 0.5) is 0 Å². The first kappa shape index (κ1) is 15.2. The molecular weight excluding hydrogens is 226 g/mol. The van der Waals surface area contributed by atoms with Gasteiger partial charge in [0.2, 0.25) is 0 Å². The van der Waals surface area contributed by atoms with Crippen LogP contribution in [-0.2, 0) is 15.9 Å². The molecule has 0 radical (unpaired) electrons. The zero-order chi connectivity index (χ0) is 13.1. The number of ether oxygens (including phenoxy) is 2. The Hall–Kier alpha value is -0.900. The molecule has 3 nitrogen and oxygen atoms in total. The molecule has 1 unspecified atom stereocenters. The summed E-state index contributed by atoms with van der Waals surface area (Å²) >= 11 is 0. The molecule has 0 aliphatic carbocycles. The van der Waals surface area contributed by atoms with E-state index in [1.165, 1.54) is 5.56 Å². The molecule has 1 aromatic carbocycles. The first-order chi connectivity index (χ1) is 8.86. The highest BCUT2D eigenvalue weighted by molar-refractivity contribution is 5.15. The first-order valence-corrected chi connectivity index (χ1v) is 6.62. The minimum atomic E-state index is 0.625. The van der Waals surface area contributed by atoms with E-state index >= 15 is 0 Å². The van der Waals surface area contributed by atoms with Crippen molar-refractivity contribution in [1.82, 2.24) is 5.32 Å². The average Bonchev–Trinajstić information content (AvgIpc) is 2.40. The van der Waals surface area contributed by atoms with Crippen molar-refractivity contribution in [3.63, 3.8) is 0 Å². The predicted molar refractivity (Wildman–Crippen MR) is 74.9 cm³/mol. The predicted octanol–water partition coefficient (Wildman–Crippen LogP) is 2.12. The zero-order valence-corrected chi connectivity index (χ0v) is 11.5. The second-order valence-electron chi connectivity index (χ2n) is 4.51. The Kier molecular flexibility index (Phi) is 8.47. The van der Waals surface area contributed by atoms with Gasteiger partial charge in [-0.2, -0.15) is 0 Å². The van der Waals surface area contributed by atoms with E-state index in [2.05, 4.69) is 35.6 Å². The van der Waals surface area contributed by atoms with E-state index in [4.69, 9.17) is 9.47 Å². The molecular formula is C15H25NO2. The molecule has 0 aliphatic rings. The van der Waals surface area contributed by atoms with Gasteiger partial charge in [0.25, 0.3) is 0 Å². The topological polar surface area (TPSA) is 30.5 Å². The molecule has 1 aromatic rings. The van der Waals surface area contributed by atoms with Crippen LogP contribution in [0.15, 0.2) is 30.3 Å². The lowest BCUT2D eigenvalue weighted by Crippen LogP contribution is -2.22. The van der Waals surface area contributed by atoms with E-state index in [9.17, 15) is 0 Å². The van der Waals surface area contributed by atoms with Gasteiger partial charge in [-0.15, -0.1) is 0 Å². The molecule has 0 saturated carbocycles. The average molecular weight is 251 g/mol. The van der Waals surface area contributed by atoms with Crippen LogP contribution in [0.3, 0.4) is 0 Å². The van der Waals surface area contributed by atoms with Crippen molar-refractivity contribution in [3.8, 4) is 0 Å². The molecule has 0 bridgehead atoms. The molecule has 0 aliphatic heterocycles. The highest BCUT2D eigenvalue weighted by Crippen LogP contribution is 2.11. The minimum absolute atomic E-state index is 0.625. The molecule has 1 N–H and O–H groups in total. The maximum Gasteiger partial charge on any atom is 0.0700 e. The van der Waals surface area contributed by atoms with Crippen LogP contribution in [-0.4, -0.2) is 40.5 Å². The molecule has 0 saturated heterocycles. The highest BCUT2D eigenvalue weighted by atomic mass is 16.5. The number of nitrogens with one attached hydrogen (secondary N) is 1. The van der Waals surface area contributed by atoms with Crippen LogP contribution < -0.4 is 5.32 Å². The minimum Gasteiger partial charge on any atom is -0.382 e. The fourth-order valence-electron chi connectivity index (χ4n) is 2.01. The van der Waals surface area contributed by atoms with Gasteiger partial charge in [0.05, 0.1) is 13.2 Å². The van der Waals surface area contributed by atoms with Crippen LogP contribution in [0.2, 0.25) is 0 Å². The smallest absolute Gasteiger partial charge is 0.0700 e. The summed E-state index contributed by atoms with van der Waals surface area (Å²) in [7, 11) is 3.70. The third-order valence-electron chi connectivity index (χ3n) is 2.96. The SMILES string of the molecule is CNCC(CCOCCOC)Cc1ccccc1. The van der Waals surface area contributed by atoms with Gasteiger partial charge in [-0.05, 0) is 37.9 Å². The third kappa shape index (κ3) is 6.74. The molecule has 0 heterocycles. The number of methoxy groups -OCH3 is 1. The van der Waals surface area contributed by atoms with Crippen molar-refractivity contribution in [2.24, 2.45) is 5.92 Å². The van der Waals surface area contributed by atoms with Crippen molar-refractivity contribution in [3.05, 3.63) is 35.9 Å². The lowest BCUT2D eigenvalue weighted by Gasteiger charge is -2.16. The number of hydrogen-bond acceptors (Lipinski definition) is 3. The molecule has 1 rings (SSSR count). The summed E-state index contributed by atoms with van der Waals surface area (Å²) in [6, 6.07) is 10.6. The third-order valence-corrected chi connectivity index (χ3v) is 2.96. The molecule has 0 spiro atoms. The van der Waals surface area contributed by atoms with Gasteiger partial charge in [-0.3, -0.25) is 0 Å². The molecule has 3 heteroatoms. The molecule has 1 atom stereocenters. The monoisotopic (exact) mass is 251 g/mol. The lowest BCUT2D eigenvalue weighted by molar-refractivity contribution is 0.0637. The van der Waals surface area contributed by atoms with Crippen LogP contribution in [0.5, 0.6) is 0 Å². The fraction of sp³-hybridized carbons (Fsp3) is 0.600. The van der Waals surface area contributed by atoms with E-state index in [1.807, 2.05) is 7.05 Å². The first-order valence-electron chi connectivity index (χ1n) is 6.62. The summed E-state index contributed by atoms with van der Waals surface area (Å²) in [4.78, 5) is 0. The molecule has 0 fully saturated rings. The zero-order valence-electron chi connectivity index (χ0n) is 11.5. The number of hydrogen-bond donors (Lipinski definition) is 1. The summed E-state index contributed by atoms with van der Waals surface area (Å²) in [6.07, 6.45) is 2.19. The summed E-state index contributed by atoms with van der Waals surface area (Å²) in [6.45, 7) is 3.20. The quantitative estimate of drug-likeness (QED) is 0.646. The van der Waals surface area contributed by atoms with E-state index < -0.39 is 0 Å². The van der Waals surface area contributed by atoms with Crippen molar-refractivity contribution >= 4 is 0 Å². The second-order valence-corrected chi connectivity index (χ2v) is 4.51. The van der Waals surface area contributed by atoms with E-state index in [0.717, 1.165) is 26.0 Å². The summed E-state index contributed by atoms with van der Waals surface area (Å²) in [5.41, 5.74) is 1.40. The van der Waals surface area contributed by atoms with Crippen molar-refractivity contribution in [2.45, 2.75) is 12.8 Å². The van der Waals surface area contributed by atoms with Crippen LogP contribution in [0, 0.1) is 5.92 Å². The van der Waals surface area contributed by atoms with Crippen molar-refractivity contribution < 1.29 is 9.47 Å². The summed E-state index contributed by atoms with van der Waals surface area (Å²) in [5.74, 6) is 0.625. The van der Waals surface area contributed by atoms with Gasteiger partial charge in [0.15, 0.2) is 0 Å². The Labute approximate surface area is 110 Å².